The standard InChI is InChI=1S/C19H25NO/c1-19(16-21,18-11-7-4-8-12-18)15-20(2)14-13-17-9-5-3-6-10-17/h3-12,21H,13-16H2,1-2H3. The van der Waals surface area contributed by atoms with Gasteiger partial charge in [-0.2, -0.15) is 0 Å². The van der Waals surface area contributed by atoms with Gasteiger partial charge in [-0.1, -0.05) is 67.6 Å². The van der Waals surface area contributed by atoms with Crippen LogP contribution in [-0.4, -0.2) is 36.8 Å². The Labute approximate surface area is 128 Å². The number of likely N-dealkylation sites (N-methyl/N-ethyl adjacent to an activating group) is 1. The van der Waals surface area contributed by atoms with E-state index in [9.17, 15) is 5.11 Å². The number of rotatable bonds is 7. The normalized spacial score (nSPS) is 14.1. The van der Waals surface area contributed by atoms with Crippen molar-refractivity contribution in [1.29, 1.82) is 0 Å². The molecule has 0 amide bonds. The fraction of sp³-hybridized carbons (Fsp3) is 0.368. The van der Waals surface area contributed by atoms with Crippen LogP contribution in [0.2, 0.25) is 0 Å². The molecule has 2 aromatic rings. The van der Waals surface area contributed by atoms with Gasteiger partial charge in [0.1, 0.15) is 0 Å². The van der Waals surface area contributed by atoms with E-state index >= 15 is 0 Å². The van der Waals surface area contributed by atoms with Crippen molar-refractivity contribution in [3.63, 3.8) is 0 Å². The number of hydrogen-bond acceptors (Lipinski definition) is 2. The van der Waals surface area contributed by atoms with Crippen LogP contribution >= 0.6 is 0 Å². The molecule has 2 nitrogen and oxygen atoms in total. The van der Waals surface area contributed by atoms with Crippen molar-refractivity contribution < 1.29 is 5.11 Å². The third-order valence-electron chi connectivity index (χ3n) is 4.06. The average molecular weight is 283 g/mol. The minimum absolute atomic E-state index is 0.159. The van der Waals surface area contributed by atoms with Gasteiger partial charge in [0.15, 0.2) is 0 Å². The van der Waals surface area contributed by atoms with Gasteiger partial charge in [-0.05, 0) is 24.6 Å². The molecule has 0 spiro atoms. The maximum atomic E-state index is 9.85. The first kappa shape index (κ1) is 15.7. The van der Waals surface area contributed by atoms with E-state index in [0.29, 0.717) is 0 Å². The summed E-state index contributed by atoms with van der Waals surface area (Å²) in [5.74, 6) is 0. The SMILES string of the molecule is CN(CCc1ccccc1)CC(C)(CO)c1ccccc1. The largest absolute Gasteiger partial charge is 0.395 e. The molecular formula is C19H25NO. The van der Waals surface area contributed by atoms with Crippen LogP contribution in [0.5, 0.6) is 0 Å². The Bertz CT molecular complexity index is 526. The molecule has 0 saturated carbocycles. The lowest BCUT2D eigenvalue weighted by molar-refractivity contribution is 0.159. The molecule has 1 atom stereocenters. The lowest BCUT2D eigenvalue weighted by Crippen LogP contribution is -2.40. The van der Waals surface area contributed by atoms with Gasteiger partial charge >= 0.3 is 0 Å². The lowest BCUT2D eigenvalue weighted by atomic mass is 9.83. The number of benzene rings is 2. The van der Waals surface area contributed by atoms with Gasteiger partial charge in [0.2, 0.25) is 0 Å². The Kier molecular flexibility index (Phi) is 5.54. The Morgan fingerprint density at radius 3 is 2.10 bits per heavy atom. The molecule has 0 aromatic heterocycles. The predicted octanol–water partition coefficient (Wildman–Crippen LogP) is 3.11. The molecule has 2 heteroatoms. The van der Waals surface area contributed by atoms with Gasteiger partial charge in [0.25, 0.3) is 0 Å². The zero-order chi connectivity index (χ0) is 15.1. The molecular weight excluding hydrogens is 258 g/mol. The molecule has 112 valence electrons. The van der Waals surface area contributed by atoms with Crippen molar-refractivity contribution in [2.45, 2.75) is 18.8 Å². The third kappa shape index (κ3) is 4.42. The van der Waals surface area contributed by atoms with Gasteiger partial charge in [0, 0.05) is 18.5 Å². The fourth-order valence-electron chi connectivity index (χ4n) is 2.71. The summed E-state index contributed by atoms with van der Waals surface area (Å²) >= 11 is 0. The Morgan fingerprint density at radius 2 is 1.52 bits per heavy atom. The summed E-state index contributed by atoms with van der Waals surface area (Å²) in [4.78, 5) is 2.30. The maximum Gasteiger partial charge on any atom is 0.0537 e. The van der Waals surface area contributed by atoms with Crippen molar-refractivity contribution in [3.05, 3.63) is 71.8 Å². The molecule has 0 aliphatic heterocycles. The van der Waals surface area contributed by atoms with E-state index < -0.39 is 0 Å². The van der Waals surface area contributed by atoms with Crippen LogP contribution in [0, 0.1) is 0 Å². The van der Waals surface area contributed by atoms with Crippen LogP contribution in [0.4, 0.5) is 0 Å². The van der Waals surface area contributed by atoms with Crippen molar-refractivity contribution in [2.24, 2.45) is 0 Å². The third-order valence-corrected chi connectivity index (χ3v) is 4.06. The molecule has 0 bridgehead atoms. The number of hydrogen-bond donors (Lipinski definition) is 1. The van der Waals surface area contributed by atoms with E-state index in [1.165, 1.54) is 11.1 Å². The van der Waals surface area contributed by atoms with Crippen molar-refractivity contribution in [2.75, 3.05) is 26.7 Å². The van der Waals surface area contributed by atoms with Gasteiger partial charge in [0.05, 0.1) is 6.61 Å². The minimum Gasteiger partial charge on any atom is -0.395 e. The number of nitrogens with zero attached hydrogens (tertiary/aromatic N) is 1. The quantitative estimate of drug-likeness (QED) is 0.844. The van der Waals surface area contributed by atoms with Gasteiger partial charge < -0.3 is 10.0 Å². The summed E-state index contributed by atoms with van der Waals surface area (Å²) in [7, 11) is 2.12. The number of aliphatic hydroxyl groups excluding tert-OH is 1. The Morgan fingerprint density at radius 1 is 0.952 bits per heavy atom. The molecule has 1 unspecified atom stereocenters. The van der Waals surface area contributed by atoms with Crippen molar-refractivity contribution >= 4 is 0 Å². The summed E-state index contributed by atoms with van der Waals surface area (Å²) < 4.78 is 0. The van der Waals surface area contributed by atoms with E-state index in [1.54, 1.807) is 0 Å². The summed E-state index contributed by atoms with van der Waals surface area (Å²) in [5, 5.41) is 9.85. The van der Waals surface area contributed by atoms with Crippen LogP contribution < -0.4 is 0 Å². The smallest absolute Gasteiger partial charge is 0.0537 e. The highest BCUT2D eigenvalue weighted by atomic mass is 16.3. The van der Waals surface area contributed by atoms with E-state index in [1.807, 2.05) is 24.3 Å². The molecule has 0 fully saturated rings. The molecule has 0 radical (unpaired) electrons. The highest BCUT2D eigenvalue weighted by Gasteiger charge is 2.27. The maximum absolute atomic E-state index is 9.85. The molecule has 2 aromatic carbocycles. The zero-order valence-electron chi connectivity index (χ0n) is 13.0. The Balaban J connectivity index is 1.95. The van der Waals surface area contributed by atoms with Crippen LogP contribution in [0.1, 0.15) is 18.1 Å². The first-order valence-electron chi connectivity index (χ1n) is 7.53. The zero-order valence-corrected chi connectivity index (χ0v) is 13.0. The van der Waals surface area contributed by atoms with E-state index in [0.717, 1.165) is 19.5 Å². The highest BCUT2D eigenvalue weighted by Crippen LogP contribution is 2.24. The summed E-state index contributed by atoms with van der Waals surface area (Å²) in [6, 6.07) is 20.8. The van der Waals surface area contributed by atoms with Crippen molar-refractivity contribution in [3.8, 4) is 0 Å². The van der Waals surface area contributed by atoms with Gasteiger partial charge in [-0.25, -0.2) is 0 Å². The molecule has 0 heterocycles. The van der Waals surface area contributed by atoms with Crippen LogP contribution in [-0.2, 0) is 11.8 Å². The molecule has 21 heavy (non-hydrogen) atoms. The second kappa shape index (κ2) is 7.39. The molecule has 0 saturated heterocycles. The summed E-state index contributed by atoms with van der Waals surface area (Å²) in [6.45, 7) is 4.13. The second-order valence-electron chi connectivity index (χ2n) is 6.06. The monoisotopic (exact) mass is 283 g/mol. The van der Waals surface area contributed by atoms with Crippen LogP contribution in [0.3, 0.4) is 0 Å². The molecule has 2 rings (SSSR count). The van der Waals surface area contributed by atoms with E-state index in [4.69, 9.17) is 0 Å². The lowest BCUT2D eigenvalue weighted by Gasteiger charge is -2.32. The average Bonchev–Trinajstić information content (AvgIpc) is 2.54. The molecule has 0 aliphatic rings. The van der Waals surface area contributed by atoms with E-state index in [2.05, 4.69) is 55.3 Å². The van der Waals surface area contributed by atoms with E-state index in [-0.39, 0.29) is 12.0 Å². The summed E-state index contributed by atoms with van der Waals surface area (Å²) in [5.41, 5.74) is 2.33. The molecule has 0 aliphatic carbocycles. The van der Waals surface area contributed by atoms with Gasteiger partial charge in [-0.3, -0.25) is 0 Å². The second-order valence-corrected chi connectivity index (χ2v) is 6.06. The predicted molar refractivity (Wildman–Crippen MR) is 88.5 cm³/mol. The van der Waals surface area contributed by atoms with Crippen molar-refractivity contribution in [1.82, 2.24) is 4.90 Å². The topological polar surface area (TPSA) is 23.5 Å². The first-order valence-corrected chi connectivity index (χ1v) is 7.53. The first-order chi connectivity index (χ1) is 10.1. The summed E-state index contributed by atoms with van der Waals surface area (Å²) in [6.07, 6.45) is 1.04. The number of aliphatic hydroxyl groups is 1. The van der Waals surface area contributed by atoms with Crippen LogP contribution in [0.15, 0.2) is 60.7 Å². The minimum atomic E-state index is -0.216. The fourth-order valence-corrected chi connectivity index (χ4v) is 2.71. The Hall–Kier alpha value is -1.64. The molecule has 1 N–H and O–H groups in total. The van der Waals surface area contributed by atoms with Crippen LogP contribution in [0.25, 0.3) is 0 Å². The van der Waals surface area contributed by atoms with Gasteiger partial charge in [-0.15, -0.1) is 0 Å². The highest BCUT2D eigenvalue weighted by molar-refractivity contribution is 5.25.